The topological polar surface area (TPSA) is 37.0 Å². The number of hydrogen-bond acceptors (Lipinski definition) is 2. The van der Waals surface area contributed by atoms with E-state index in [0.29, 0.717) is 0 Å². The van der Waals surface area contributed by atoms with Gasteiger partial charge >= 0.3 is 0 Å². The molecule has 2 N–H and O–H groups in total. The van der Waals surface area contributed by atoms with Gasteiger partial charge in [0, 0.05) is 31.4 Å². The lowest BCUT2D eigenvalue weighted by molar-refractivity contribution is 0.227. The Labute approximate surface area is 101 Å². The van der Waals surface area contributed by atoms with E-state index in [1.54, 1.807) is 0 Å². The van der Waals surface area contributed by atoms with Crippen LogP contribution in [0.4, 0.5) is 0 Å². The first kappa shape index (κ1) is 10.4. The third-order valence-electron chi connectivity index (χ3n) is 3.06. The molecule has 1 aromatic heterocycles. The van der Waals surface area contributed by atoms with Crippen LogP contribution in [0.2, 0.25) is 0 Å². The second-order valence-electron chi connectivity index (χ2n) is 4.38. The fourth-order valence-corrected chi connectivity index (χ4v) is 2.21. The summed E-state index contributed by atoms with van der Waals surface area (Å²) in [6, 6.07) is 12.4. The van der Waals surface area contributed by atoms with E-state index in [9.17, 15) is 0 Å². The third kappa shape index (κ3) is 2.34. The molecule has 0 saturated carbocycles. The SMILES string of the molecule is c1c[nH]c(CNCC2Cc3ccccc3O2)c1. The number of aromatic amines is 1. The van der Waals surface area contributed by atoms with E-state index in [-0.39, 0.29) is 6.10 Å². The normalized spacial score (nSPS) is 17.8. The van der Waals surface area contributed by atoms with Crippen LogP contribution in [-0.4, -0.2) is 17.6 Å². The summed E-state index contributed by atoms with van der Waals surface area (Å²) >= 11 is 0. The maximum Gasteiger partial charge on any atom is 0.123 e. The lowest BCUT2D eigenvalue weighted by Crippen LogP contribution is -2.29. The predicted octanol–water partition coefficient (Wildman–Crippen LogP) is 2.11. The van der Waals surface area contributed by atoms with E-state index in [1.165, 1.54) is 11.3 Å². The summed E-state index contributed by atoms with van der Waals surface area (Å²) in [6.07, 6.45) is 3.22. The average Bonchev–Trinajstić information content (AvgIpc) is 2.96. The van der Waals surface area contributed by atoms with Crippen LogP contribution >= 0.6 is 0 Å². The lowest BCUT2D eigenvalue weighted by atomic mass is 10.1. The number of H-pyrrole nitrogens is 1. The van der Waals surface area contributed by atoms with Crippen LogP contribution in [-0.2, 0) is 13.0 Å². The molecule has 0 spiro atoms. The zero-order valence-electron chi connectivity index (χ0n) is 9.65. The van der Waals surface area contributed by atoms with Gasteiger partial charge in [0.2, 0.25) is 0 Å². The summed E-state index contributed by atoms with van der Waals surface area (Å²) in [5.74, 6) is 1.04. The number of hydrogen-bond donors (Lipinski definition) is 2. The van der Waals surface area contributed by atoms with Gasteiger partial charge in [-0.1, -0.05) is 18.2 Å². The van der Waals surface area contributed by atoms with E-state index in [4.69, 9.17) is 4.74 Å². The molecule has 3 nitrogen and oxygen atoms in total. The number of benzene rings is 1. The van der Waals surface area contributed by atoms with Gasteiger partial charge in [-0.2, -0.15) is 0 Å². The van der Waals surface area contributed by atoms with Crippen LogP contribution in [0.3, 0.4) is 0 Å². The monoisotopic (exact) mass is 228 g/mol. The minimum absolute atomic E-state index is 0.266. The van der Waals surface area contributed by atoms with Crippen molar-refractivity contribution in [3.63, 3.8) is 0 Å². The minimum atomic E-state index is 0.266. The van der Waals surface area contributed by atoms with Gasteiger partial charge in [0.15, 0.2) is 0 Å². The Bertz CT molecular complexity index is 454. The van der Waals surface area contributed by atoms with Crippen molar-refractivity contribution < 1.29 is 4.74 Å². The van der Waals surface area contributed by atoms with E-state index in [1.807, 2.05) is 24.4 Å². The Balaban J connectivity index is 1.49. The van der Waals surface area contributed by atoms with Crippen LogP contribution in [0.1, 0.15) is 11.3 Å². The molecule has 1 aromatic carbocycles. The summed E-state index contributed by atoms with van der Waals surface area (Å²) in [6.45, 7) is 1.75. The van der Waals surface area contributed by atoms with Gasteiger partial charge in [0.1, 0.15) is 11.9 Å². The van der Waals surface area contributed by atoms with Gasteiger partial charge in [-0.05, 0) is 23.8 Å². The quantitative estimate of drug-likeness (QED) is 0.841. The molecular formula is C14H16N2O. The molecular weight excluding hydrogens is 212 g/mol. The van der Waals surface area contributed by atoms with Crippen molar-refractivity contribution in [3.8, 4) is 5.75 Å². The smallest absolute Gasteiger partial charge is 0.123 e. The number of fused-ring (bicyclic) bond motifs is 1. The molecule has 1 unspecified atom stereocenters. The second kappa shape index (κ2) is 4.63. The highest BCUT2D eigenvalue weighted by atomic mass is 16.5. The molecule has 0 radical (unpaired) electrons. The molecule has 0 bridgehead atoms. The van der Waals surface area contributed by atoms with Crippen LogP contribution < -0.4 is 10.1 Å². The summed E-state index contributed by atoms with van der Waals surface area (Å²) in [7, 11) is 0. The molecule has 17 heavy (non-hydrogen) atoms. The summed E-state index contributed by atoms with van der Waals surface area (Å²) in [4.78, 5) is 3.18. The maximum absolute atomic E-state index is 5.85. The van der Waals surface area contributed by atoms with E-state index >= 15 is 0 Å². The lowest BCUT2D eigenvalue weighted by Gasteiger charge is -2.11. The zero-order chi connectivity index (χ0) is 11.5. The first-order valence-electron chi connectivity index (χ1n) is 5.99. The third-order valence-corrected chi connectivity index (χ3v) is 3.06. The largest absolute Gasteiger partial charge is 0.488 e. The summed E-state index contributed by atoms with van der Waals surface area (Å²) in [5, 5.41) is 3.41. The van der Waals surface area contributed by atoms with E-state index < -0.39 is 0 Å². The molecule has 0 aliphatic carbocycles. The Kier molecular flexibility index (Phi) is 2.84. The first-order chi connectivity index (χ1) is 8.42. The Morgan fingerprint density at radius 2 is 2.18 bits per heavy atom. The highest BCUT2D eigenvalue weighted by Gasteiger charge is 2.21. The van der Waals surface area contributed by atoms with Gasteiger partial charge in [-0.25, -0.2) is 0 Å². The predicted molar refractivity (Wildman–Crippen MR) is 67.1 cm³/mol. The summed E-state index contributed by atoms with van der Waals surface area (Å²) < 4.78 is 5.85. The fourth-order valence-electron chi connectivity index (χ4n) is 2.21. The number of ether oxygens (including phenoxy) is 1. The van der Waals surface area contributed by atoms with E-state index in [2.05, 4.69) is 28.5 Å². The summed E-state index contributed by atoms with van der Waals surface area (Å²) in [5.41, 5.74) is 2.53. The Hall–Kier alpha value is -1.74. The number of nitrogens with one attached hydrogen (secondary N) is 2. The highest BCUT2D eigenvalue weighted by molar-refractivity contribution is 5.37. The van der Waals surface area contributed by atoms with Crippen molar-refractivity contribution in [1.29, 1.82) is 0 Å². The molecule has 0 amide bonds. The van der Waals surface area contributed by atoms with Crippen LogP contribution in [0.15, 0.2) is 42.6 Å². The van der Waals surface area contributed by atoms with Crippen LogP contribution in [0, 0.1) is 0 Å². The van der Waals surface area contributed by atoms with Gasteiger partial charge in [-0.3, -0.25) is 0 Å². The second-order valence-corrected chi connectivity index (χ2v) is 4.38. The molecule has 3 heteroatoms. The molecule has 2 aromatic rings. The minimum Gasteiger partial charge on any atom is -0.488 e. The van der Waals surface area contributed by atoms with Crippen molar-refractivity contribution >= 4 is 0 Å². The zero-order valence-corrected chi connectivity index (χ0v) is 9.65. The number of para-hydroxylation sites is 1. The average molecular weight is 228 g/mol. The number of rotatable bonds is 4. The van der Waals surface area contributed by atoms with Gasteiger partial charge < -0.3 is 15.0 Å². The van der Waals surface area contributed by atoms with E-state index in [0.717, 1.165) is 25.3 Å². The van der Waals surface area contributed by atoms with Crippen molar-refractivity contribution in [1.82, 2.24) is 10.3 Å². The highest BCUT2D eigenvalue weighted by Crippen LogP contribution is 2.27. The molecule has 88 valence electrons. The van der Waals surface area contributed by atoms with Crippen molar-refractivity contribution in [3.05, 3.63) is 53.9 Å². The van der Waals surface area contributed by atoms with Crippen LogP contribution in [0.25, 0.3) is 0 Å². The Morgan fingerprint density at radius 1 is 1.24 bits per heavy atom. The molecule has 1 aliphatic heterocycles. The molecule has 1 atom stereocenters. The van der Waals surface area contributed by atoms with Gasteiger partial charge in [0.05, 0.1) is 0 Å². The van der Waals surface area contributed by atoms with Crippen molar-refractivity contribution in [2.75, 3.05) is 6.54 Å². The molecule has 1 aliphatic rings. The molecule has 2 heterocycles. The molecule has 0 fully saturated rings. The van der Waals surface area contributed by atoms with Crippen molar-refractivity contribution in [2.24, 2.45) is 0 Å². The molecule has 0 saturated heterocycles. The Morgan fingerprint density at radius 3 is 3.00 bits per heavy atom. The van der Waals surface area contributed by atoms with Gasteiger partial charge in [-0.15, -0.1) is 0 Å². The van der Waals surface area contributed by atoms with Crippen LogP contribution in [0.5, 0.6) is 5.75 Å². The van der Waals surface area contributed by atoms with Gasteiger partial charge in [0.25, 0.3) is 0 Å². The first-order valence-corrected chi connectivity index (χ1v) is 5.99. The molecule has 3 rings (SSSR count). The maximum atomic E-state index is 5.85. The van der Waals surface area contributed by atoms with Crippen molar-refractivity contribution in [2.45, 2.75) is 19.1 Å². The fraction of sp³-hybridized carbons (Fsp3) is 0.286. The standard InChI is InChI=1S/C14H16N2O/c1-2-6-14-11(4-1)8-13(17-14)10-15-9-12-5-3-7-16-12/h1-7,13,15-16H,8-10H2. The number of aromatic nitrogens is 1.